The standard InChI is InChI=1S/C20H21N3O2/c1-15-3-9-19(10-4-15)25-16(2)20(24)22-13-17-5-7-18(8-6-17)23-12-11-21-14-23/h3-12,14,16H,13H2,1-2H3,(H,22,24)/t16-/m0/s1. The largest absolute Gasteiger partial charge is 0.481 e. The normalized spacial score (nSPS) is 11.8. The molecule has 0 fully saturated rings. The zero-order valence-corrected chi connectivity index (χ0v) is 14.3. The van der Waals surface area contributed by atoms with Gasteiger partial charge in [0.05, 0.1) is 6.33 Å². The Bertz CT molecular complexity index is 809. The second-order valence-corrected chi connectivity index (χ2v) is 5.93. The van der Waals surface area contributed by atoms with Crippen LogP contribution in [0.2, 0.25) is 0 Å². The van der Waals surface area contributed by atoms with E-state index in [1.54, 1.807) is 19.4 Å². The lowest BCUT2D eigenvalue weighted by atomic mass is 10.2. The Morgan fingerprint density at radius 2 is 1.88 bits per heavy atom. The third-order valence-corrected chi connectivity index (χ3v) is 3.91. The van der Waals surface area contributed by atoms with Crippen LogP contribution in [0.25, 0.3) is 5.69 Å². The fraction of sp³-hybridized carbons (Fsp3) is 0.200. The van der Waals surface area contributed by atoms with Crippen molar-refractivity contribution in [3.8, 4) is 11.4 Å². The molecule has 0 aliphatic carbocycles. The van der Waals surface area contributed by atoms with E-state index in [9.17, 15) is 4.79 Å². The predicted molar refractivity (Wildman–Crippen MR) is 96.7 cm³/mol. The van der Waals surface area contributed by atoms with E-state index in [0.29, 0.717) is 12.3 Å². The highest BCUT2D eigenvalue weighted by atomic mass is 16.5. The third-order valence-electron chi connectivity index (χ3n) is 3.91. The zero-order valence-electron chi connectivity index (χ0n) is 14.3. The van der Waals surface area contributed by atoms with E-state index in [-0.39, 0.29) is 5.91 Å². The maximum atomic E-state index is 12.2. The van der Waals surface area contributed by atoms with Crippen molar-refractivity contribution in [2.24, 2.45) is 0 Å². The van der Waals surface area contributed by atoms with E-state index in [4.69, 9.17) is 4.74 Å². The number of hydrogen-bond acceptors (Lipinski definition) is 3. The first kappa shape index (κ1) is 16.8. The molecular weight excluding hydrogens is 314 g/mol. The molecule has 0 aliphatic heterocycles. The number of ether oxygens (including phenoxy) is 1. The van der Waals surface area contributed by atoms with Gasteiger partial charge in [0, 0.05) is 24.6 Å². The quantitative estimate of drug-likeness (QED) is 0.752. The molecule has 25 heavy (non-hydrogen) atoms. The van der Waals surface area contributed by atoms with Gasteiger partial charge in [-0.1, -0.05) is 29.8 Å². The number of benzene rings is 2. The molecule has 1 amide bonds. The predicted octanol–water partition coefficient (Wildman–Crippen LogP) is 3.26. The van der Waals surface area contributed by atoms with Crippen LogP contribution in [0, 0.1) is 6.92 Å². The Hall–Kier alpha value is -3.08. The Morgan fingerprint density at radius 3 is 2.52 bits per heavy atom. The second-order valence-electron chi connectivity index (χ2n) is 5.93. The molecule has 1 atom stereocenters. The maximum Gasteiger partial charge on any atom is 0.261 e. The van der Waals surface area contributed by atoms with E-state index in [1.165, 1.54) is 0 Å². The minimum atomic E-state index is -0.548. The average Bonchev–Trinajstić information content (AvgIpc) is 3.16. The van der Waals surface area contributed by atoms with Gasteiger partial charge in [-0.05, 0) is 43.7 Å². The minimum absolute atomic E-state index is 0.140. The number of carbonyl (C=O) groups is 1. The summed E-state index contributed by atoms with van der Waals surface area (Å²) >= 11 is 0. The Kier molecular flexibility index (Phi) is 5.14. The second kappa shape index (κ2) is 7.66. The summed E-state index contributed by atoms with van der Waals surface area (Å²) in [5.74, 6) is 0.553. The van der Waals surface area contributed by atoms with Gasteiger partial charge in [0.25, 0.3) is 5.91 Å². The van der Waals surface area contributed by atoms with Gasteiger partial charge < -0.3 is 14.6 Å². The molecular formula is C20H21N3O2. The SMILES string of the molecule is Cc1ccc(O[C@@H](C)C(=O)NCc2ccc(-n3ccnc3)cc2)cc1. The molecule has 1 aromatic heterocycles. The van der Waals surface area contributed by atoms with Crippen LogP contribution in [0.15, 0.2) is 67.3 Å². The highest BCUT2D eigenvalue weighted by Gasteiger charge is 2.14. The van der Waals surface area contributed by atoms with E-state index < -0.39 is 6.10 Å². The van der Waals surface area contributed by atoms with Crippen LogP contribution in [-0.2, 0) is 11.3 Å². The number of rotatable bonds is 6. The molecule has 0 radical (unpaired) electrons. The first-order chi connectivity index (χ1) is 12.1. The number of aromatic nitrogens is 2. The first-order valence-electron chi connectivity index (χ1n) is 8.20. The monoisotopic (exact) mass is 335 g/mol. The first-order valence-corrected chi connectivity index (χ1v) is 8.20. The van der Waals surface area contributed by atoms with Gasteiger partial charge in [-0.15, -0.1) is 0 Å². The topological polar surface area (TPSA) is 56.1 Å². The van der Waals surface area contributed by atoms with Crippen molar-refractivity contribution in [2.45, 2.75) is 26.5 Å². The van der Waals surface area contributed by atoms with Crippen molar-refractivity contribution >= 4 is 5.91 Å². The van der Waals surface area contributed by atoms with Gasteiger partial charge in [0.1, 0.15) is 5.75 Å². The van der Waals surface area contributed by atoms with Crippen LogP contribution in [-0.4, -0.2) is 21.6 Å². The number of nitrogens with zero attached hydrogens (tertiary/aromatic N) is 2. The van der Waals surface area contributed by atoms with Crippen molar-refractivity contribution in [3.05, 3.63) is 78.4 Å². The van der Waals surface area contributed by atoms with Crippen molar-refractivity contribution < 1.29 is 9.53 Å². The average molecular weight is 335 g/mol. The Balaban J connectivity index is 1.52. The molecule has 0 bridgehead atoms. The number of carbonyl (C=O) groups excluding carboxylic acids is 1. The molecule has 3 rings (SSSR count). The van der Waals surface area contributed by atoms with Crippen LogP contribution >= 0.6 is 0 Å². The fourth-order valence-electron chi connectivity index (χ4n) is 2.41. The maximum absolute atomic E-state index is 12.2. The summed E-state index contributed by atoms with van der Waals surface area (Å²) in [6.07, 6.45) is 4.83. The summed E-state index contributed by atoms with van der Waals surface area (Å²) in [5, 5.41) is 2.90. The summed E-state index contributed by atoms with van der Waals surface area (Å²) in [6, 6.07) is 15.6. The molecule has 1 heterocycles. The van der Waals surface area contributed by atoms with E-state index in [1.807, 2.05) is 66.2 Å². The highest BCUT2D eigenvalue weighted by Crippen LogP contribution is 2.13. The molecule has 0 saturated heterocycles. The van der Waals surface area contributed by atoms with Gasteiger partial charge in [-0.2, -0.15) is 0 Å². The zero-order chi connectivity index (χ0) is 17.6. The van der Waals surface area contributed by atoms with Gasteiger partial charge >= 0.3 is 0 Å². The molecule has 128 valence electrons. The summed E-state index contributed by atoms with van der Waals surface area (Å²) < 4.78 is 7.60. The molecule has 1 N–H and O–H groups in total. The molecule has 3 aromatic rings. The highest BCUT2D eigenvalue weighted by molar-refractivity contribution is 5.80. The molecule has 0 saturated carbocycles. The number of hydrogen-bond donors (Lipinski definition) is 1. The van der Waals surface area contributed by atoms with Gasteiger partial charge in [0.15, 0.2) is 6.10 Å². The smallest absolute Gasteiger partial charge is 0.261 e. The van der Waals surface area contributed by atoms with Crippen molar-refractivity contribution in [1.29, 1.82) is 0 Å². The minimum Gasteiger partial charge on any atom is -0.481 e. The van der Waals surface area contributed by atoms with E-state index in [0.717, 1.165) is 16.8 Å². The van der Waals surface area contributed by atoms with Crippen molar-refractivity contribution in [3.63, 3.8) is 0 Å². The van der Waals surface area contributed by atoms with Gasteiger partial charge in [0.2, 0.25) is 0 Å². The van der Waals surface area contributed by atoms with Crippen molar-refractivity contribution in [2.75, 3.05) is 0 Å². The van der Waals surface area contributed by atoms with Crippen LogP contribution in [0.5, 0.6) is 5.75 Å². The van der Waals surface area contributed by atoms with Gasteiger partial charge in [-0.3, -0.25) is 4.79 Å². The molecule has 2 aromatic carbocycles. The number of nitrogens with one attached hydrogen (secondary N) is 1. The number of imidazole rings is 1. The summed E-state index contributed by atoms with van der Waals surface area (Å²) in [4.78, 5) is 16.2. The number of aryl methyl sites for hydroxylation is 1. The lowest BCUT2D eigenvalue weighted by Gasteiger charge is -2.15. The van der Waals surface area contributed by atoms with E-state index in [2.05, 4.69) is 10.3 Å². The number of amides is 1. The van der Waals surface area contributed by atoms with Crippen LogP contribution in [0.3, 0.4) is 0 Å². The summed E-state index contributed by atoms with van der Waals surface area (Å²) in [7, 11) is 0. The Labute approximate surface area is 147 Å². The van der Waals surface area contributed by atoms with E-state index >= 15 is 0 Å². The summed E-state index contributed by atoms with van der Waals surface area (Å²) in [5.41, 5.74) is 3.21. The van der Waals surface area contributed by atoms with Crippen LogP contribution in [0.1, 0.15) is 18.1 Å². The lowest BCUT2D eigenvalue weighted by Crippen LogP contribution is -2.35. The molecule has 0 aliphatic rings. The lowest BCUT2D eigenvalue weighted by molar-refractivity contribution is -0.127. The summed E-state index contributed by atoms with van der Waals surface area (Å²) in [6.45, 7) is 4.22. The van der Waals surface area contributed by atoms with Crippen molar-refractivity contribution in [1.82, 2.24) is 14.9 Å². The van der Waals surface area contributed by atoms with Gasteiger partial charge in [-0.25, -0.2) is 4.98 Å². The van der Waals surface area contributed by atoms with Crippen LogP contribution < -0.4 is 10.1 Å². The fourth-order valence-corrected chi connectivity index (χ4v) is 2.41. The molecule has 0 spiro atoms. The molecule has 0 unspecified atom stereocenters. The molecule has 5 heteroatoms. The Morgan fingerprint density at radius 1 is 1.16 bits per heavy atom. The van der Waals surface area contributed by atoms with Crippen LogP contribution in [0.4, 0.5) is 0 Å². The molecule has 5 nitrogen and oxygen atoms in total. The third kappa shape index (κ3) is 4.47.